The molecule has 0 spiro atoms. The van der Waals surface area contributed by atoms with Crippen LogP contribution < -0.4 is 4.74 Å². The molecule has 25 heavy (non-hydrogen) atoms. The molecule has 0 N–H and O–H groups in total. The van der Waals surface area contributed by atoms with Gasteiger partial charge in [0.25, 0.3) is 5.91 Å². The average molecular weight is 379 g/mol. The molecule has 1 aromatic heterocycles. The number of benzene rings is 2. The van der Waals surface area contributed by atoms with Crippen LogP contribution in [0.25, 0.3) is 10.2 Å². The fourth-order valence-corrected chi connectivity index (χ4v) is 3.57. The third kappa shape index (κ3) is 3.91. The first-order valence-corrected chi connectivity index (χ1v) is 8.84. The van der Waals surface area contributed by atoms with E-state index in [0.717, 1.165) is 21.3 Å². The van der Waals surface area contributed by atoms with Crippen molar-refractivity contribution in [1.29, 1.82) is 0 Å². The molecule has 0 saturated carbocycles. The van der Waals surface area contributed by atoms with Gasteiger partial charge in [-0.05, 0) is 37.3 Å². The minimum atomic E-state index is -0.453. The Morgan fingerprint density at radius 3 is 2.84 bits per heavy atom. The maximum Gasteiger partial charge on any atom is 0.260 e. The van der Waals surface area contributed by atoms with E-state index in [9.17, 15) is 9.18 Å². The minimum absolute atomic E-state index is 0.134. The molecule has 130 valence electrons. The van der Waals surface area contributed by atoms with Gasteiger partial charge >= 0.3 is 0 Å². The predicted molar refractivity (Wildman–Crippen MR) is 97.7 cm³/mol. The lowest BCUT2D eigenvalue weighted by Gasteiger charge is -2.23. The van der Waals surface area contributed by atoms with Gasteiger partial charge in [0.1, 0.15) is 16.6 Å². The Morgan fingerprint density at radius 2 is 2.12 bits per heavy atom. The summed E-state index contributed by atoms with van der Waals surface area (Å²) in [5, 5.41) is 0.992. The summed E-state index contributed by atoms with van der Waals surface area (Å²) in [6.07, 6.45) is 0. The summed E-state index contributed by atoms with van der Waals surface area (Å²) in [4.78, 5) is 18.5. The summed E-state index contributed by atoms with van der Waals surface area (Å²) in [5.74, 6) is -0.394. The number of halogens is 2. The smallest absolute Gasteiger partial charge is 0.260 e. The van der Waals surface area contributed by atoms with Crippen molar-refractivity contribution in [1.82, 2.24) is 9.88 Å². The van der Waals surface area contributed by atoms with Gasteiger partial charge in [0.2, 0.25) is 0 Å². The highest BCUT2D eigenvalue weighted by Crippen LogP contribution is 2.29. The number of hydrogen-bond acceptors (Lipinski definition) is 4. The fraction of sp³-hybridized carbons (Fsp3) is 0.222. The molecule has 0 aliphatic heterocycles. The lowest BCUT2D eigenvalue weighted by molar-refractivity contribution is -0.134. The van der Waals surface area contributed by atoms with Crippen LogP contribution in [-0.2, 0) is 4.79 Å². The van der Waals surface area contributed by atoms with Crippen molar-refractivity contribution in [2.45, 2.75) is 13.0 Å². The summed E-state index contributed by atoms with van der Waals surface area (Å²) >= 11 is 7.46. The Balaban J connectivity index is 1.66. The van der Waals surface area contributed by atoms with Crippen molar-refractivity contribution in [3.05, 3.63) is 58.3 Å². The van der Waals surface area contributed by atoms with Crippen molar-refractivity contribution in [2.75, 3.05) is 13.7 Å². The van der Waals surface area contributed by atoms with Crippen molar-refractivity contribution in [3.8, 4) is 5.75 Å². The van der Waals surface area contributed by atoms with Crippen LogP contribution in [0.1, 0.15) is 18.0 Å². The van der Waals surface area contributed by atoms with Crippen molar-refractivity contribution in [2.24, 2.45) is 0 Å². The van der Waals surface area contributed by atoms with Gasteiger partial charge in [-0.1, -0.05) is 23.7 Å². The van der Waals surface area contributed by atoms with Crippen molar-refractivity contribution in [3.63, 3.8) is 0 Å². The van der Waals surface area contributed by atoms with E-state index in [-0.39, 0.29) is 29.3 Å². The second-order valence-electron chi connectivity index (χ2n) is 5.56. The maximum atomic E-state index is 13.0. The molecule has 0 unspecified atom stereocenters. The van der Waals surface area contributed by atoms with E-state index in [4.69, 9.17) is 16.3 Å². The molecule has 0 fully saturated rings. The van der Waals surface area contributed by atoms with Gasteiger partial charge in [-0.15, -0.1) is 11.3 Å². The number of fused-ring (bicyclic) bond motifs is 1. The van der Waals surface area contributed by atoms with Crippen LogP contribution in [0.2, 0.25) is 5.02 Å². The molecule has 0 bridgehead atoms. The van der Waals surface area contributed by atoms with Crippen LogP contribution >= 0.6 is 22.9 Å². The van der Waals surface area contributed by atoms with E-state index in [0.29, 0.717) is 0 Å². The number of amides is 1. The normalized spacial score (nSPS) is 12.2. The fourth-order valence-electron chi connectivity index (χ4n) is 2.28. The number of ether oxygens (including phenoxy) is 1. The summed E-state index contributed by atoms with van der Waals surface area (Å²) in [6.45, 7) is 1.73. The largest absolute Gasteiger partial charge is 0.482 e. The van der Waals surface area contributed by atoms with Crippen molar-refractivity contribution < 1.29 is 13.9 Å². The van der Waals surface area contributed by atoms with Gasteiger partial charge in [0, 0.05) is 7.05 Å². The van der Waals surface area contributed by atoms with E-state index >= 15 is 0 Å². The summed E-state index contributed by atoms with van der Waals surface area (Å²) in [7, 11) is 1.70. The van der Waals surface area contributed by atoms with Gasteiger partial charge in [-0.3, -0.25) is 4.79 Å². The number of hydrogen-bond donors (Lipinski definition) is 0. The number of thiazole rings is 1. The third-order valence-corrected chi connectivity index (χ3v) is 5.39. The molecule has 3 rings (SSSR count). The van der Waals surface area contributed by atoms with Crippen LogP contribution in [0.5, 0.6) is 5.75 Å². The Labute approximate surface area is 153 Å². The number of rotatable bonds is 5. The molecule has 1 heterocycles. The highest BCUT2D eigenvalue weighted by Gasteiger charge is 2.21. The predicted octanol–water partition coefficient (Wildman–Crippen LogP) is 4.69. The van der Waals surface area contributed by atoms with Gasteiger partial charge in [-0.2, -0.15) is 0 Å². The van der Waals surface area contributed by atoms with Crippen LogP contribution in [0.15, 0.2) is 42.5 Å². The summed E-state index contributed by atoms with van der Waals surface area (Å²) in [5.41, 5.74) is 0.921. The first-order chi connectivity index (χ1) is 12.0. The SMILES string of the molecule is C[C@@H](c1nc2ccccc2s1)N(C)C(=O)COc1ccc(F)cc1Cl. The number of carbonyl (C=O) groups is 1. The molecule has 4 nitrogen and oxygen atoms in total. The minimum Gasteiger partial charge on any atom is -0.482 e. The molecule has 7 heteroatoms. The molecule has 1 amide bonds. The molecule has 0 aliphatic rings. The van der Waals surface area contributed by atoms with Gasteiger partial charge in [0.15, 0.2) is 6.61 Å². The Hall–Kier alpha value is -2.18. The number of carbonyl (C=O) groups excluding carboxylic acids is 1. The Kier molecular flexibility index (Phi) is 5.20. The van der Waals surface area contributed by atoms with Gasteiger partial charge < -0.3 is 9.64 Å². The third-order valence-electron chi connectivity index (χ3n) is 3.89. The van der Waals surface area contributed by atoms with E-state index in [1.165, 1.54) is 12.1 Å². The van der Waals surface area contributed by atoms with Gasteiger partial charge in [-0.25, -0.2) is 9.37 Å². The molecule has 1 atom stereocenters. The van der Waals surface area contributed by atoms with E-state index in [1.807, 2.05) is 31.2 Å². The zero-order valence-electron chi connectivity index (χ0n) is 13.7. The molecule has 3 aromatic rings. The quantitative estimate of drug-likeness (QED) is 0.647. The van der Waals surface area contributed by atoms with Crippen LogP contribution in [0.4, 0.5) is 4.39 Å². The van der Waals surface area contributed by atoms with Crippen LogP contribution in [0.3, 0.4) is 0 Å². The topological polar surface area (TPSA) is 42.4 Å². The lowest BCUT2D eigenvalue weighted by Crippen LogP contribution is -2.33. The van der Waals surface area contributed by atoms with E-state index < -0.39 is 5.82 Å². The first kappa shape index (κ1) is 17.6. The number of aromatic nitrogens is 1. The molecule has 0 radical (unpaired) electrons. The lowest BCUT2D eigenvalue weighted by atomic mass is 10.3. The zero-order chi connectivity index (χ0) is 18.0. The monoisotopic (exact) mass is 378 g/mol. The second-order valence-corrected chi connectivity index (χ2v) is 7.03. The number of likely N-dealkylation sites (N-methyl/N-ethyl adjacent to an activating group) is 1. The van der Waals surface area contributed by atoms with Crippen LogP contribution in [0, 0.1) is 5.82 Å². The number of nitrogens with zero attached hydrogens (tertiary/aromatic N) is 2. The highest BCUT2D eigenvalue weighted by molar-refractivity contribution is 7.18. The van der Waals surface area contributed by atoms with Gasteiger partial charge in [0.05, 0.1) is 21.3 Å². The van der Waals surface area contributed by atoms with E-state index in [1.54, 1.807) is 23.3 Å². The molecular weight excluding hydrogens is 363 g/mol. The average Bonchev–Trinajstić information content (AvgIpc) is 3.03. The molecule has 2 aromatic carbocycles. The molecule has 0 aliphatic carbocycles. The summed E-state index contributed by atoms with van der Waals surface area (Å²) in [6, 6.07) is 11.5. The second kappa shape index (κ2) is 7.37. The number of para-hydroxylation sites is 1. The standard InChI is InChI=1S/C18H16ClFN2O2S/c1-11(18-21-14-5-3-4-6-16(14)25-18)22(2)17(23)10-24-15-8-7-12(20)9-13(15)19/h3-9,11H,10H2,1-2H3/t11-/m0/s1. The zero-order valence-corrected chi connectivity index (χ0v) is 15.3. The van der Waals surface area contributed by atoms with Crippen LogP contribution in [-0.4, -0.2) is 29.4 Å². The first-order valence-electron chi connectivity index (χ1n) is 7.64. The Morgan fingerprint density at radius 1 is 1.36 bits per heavy atom. The highest BCUT2D eigenvalue weighted by atomic mass is 35.5. The van der Waals surface area contributed by atoms with Crippen molar-refractivity contribution >= 4 is 39.1 Å². The summed E-state index contributed by atoms with van der Waals surface area (Å²) < 4.78 is 19.5. The molecular formula is C18H16ClFN2O2S. The Bertz CT molecular complexity index is 882. The maximum absolute atomic E-state index is 13.0. The van der Waals surface area contributed by atoms with E-state index in [2.05, 4.69) is 4.98 Å². The molecule has 0 saturated heterocycles.